The van der Waals surface area contributed by atoms with Crippen molar-refractivity contribution >= 4 is 44.7 Å². The summed E-state index contributed by atoms with van der Waals surface area (Å²) in [6, 6.07) is 21.2. The fraction of sp³-hybridized carbons (Fsp3) is 0.250. The molecule has 9 nitrogen and oxygen atoms in total. The first kappa shape index (κ1) is 27.0. The number of ether oxygens (including phenoxy) is 1. The number of rotatable bonds is 10. The van der Waals surface area contributed by atoms with Gasteiger partial charge < -0.3 is 15.4 Å². The van der Waals surface area contributed by atoms with Gasteiger partial charge in [-0.3, -0.25) is 14.1 Å². The number of hydrogen-bond donors (Lipinski definition) is 2. The van der Waals surface area contributed by atoms with Crippen LogP contribution in [0.2, 0.25) is 0 Å². The van der Waals surface area contributed by atoms with Crippen molar-refractivity contribution in [3.05, 3.63) is 89.5 Å². The quantitative estimate of drug-likeness (QED) is 0.233. The number of methoxy groups -OCH3 is 1. The van der Waals surface area contributed by atoms with Crippen molar-refractivity contribution in [2.45, 2.75) is 12.8 Å². The van der Waals surface area contributed by atoms with E-state index in [0.29, 0.717) is 47.0 Å². The largest absolute Gasteiger partial charge is 0.465 e. The first-order valence-corrected chi connectivity index (χ1v) is 14.0. The van der Waals surface area contributed by atoms with Crippen molar-refractivity contribution in [1.29, 1.82) is 0 Å². The molecule has 3 aromatic carbocycles. The molecule has 0 aromatic heterocycles. The van der Waals surface area contributed by atoms with Crippen molar-refractivity contribution in [3.8, 4) is 0 Å². The zero-order valence-corrected chi connectivity index (χ0v) is 22.3. The lowest BCUT2D eigenvalue weighted by Gasteiger charge is -2.22. The summed E-state index contributed by atoms with van der Waals surface area (Å²) in [6.45, 7) is 3.53. The number of nitrogens with one attached hydrogen (secondary N) is 2. The topological polar surface area (TPSA) is 117 Å². The van der Waals surface area contributed by atoms with Crippen molar-refractivity contribution < 1.29 is 22.7 Å². The van der Waals surface area contributed by atoms with Crippen LogP contribution in [0, 0.1) is 0 Å². The predicted octanol–water partition coefficient (Wildman–Crippen LogP) is 3.71. The minimum atomic E-state index is -3.47. The zero-order chi connectivity index (χ0) is 27.3. The molecular weight excluding hydrogens is 504 g/mol. The molecule has 1 unspecified atom stereocenters. The van der Waals surface area contributed by atoms with E-state index in [1.165, 1.54) is 17.7 Å². The smallest absolute Gasteiger partial charge is 0.337 e. The lowest BCUT2D eigenvalue weighted by molar-refractivity contribution is -0.115. The number of benzene rings is 3. The van der Waals surface area contributed by atoms with Crippen LogP contribution in [-0.4, -0.2) is 59.0 Å². The molecule has 198 valence electrons. The van der Waals surface area contributed by atoms with Gasteiger partial charge in [0.2, 0.25) is 15.9 Å². The van der Waals surface area contributed by atoms with E-state index in [1.807, 2.05) is 37.3 Å². The van der Waals surface area contributed by atoms with E-state index in [2.05, 4.69) is 10.6 Å². The molecular formula is C28H30N4O5S. The minimum absolute atomic E-state index is 0.257. The third-order valence-corrected chi connectivity index (χ3v) is 7.37. The average Bonchev–Trinajstić information content (AvgIpc) is 3.24. The lowest BCUT2D eigenvalue weighted by Crippen LogP contribution is -2.36. The van der Waals surface area contributed by atoms with Gasteiger partial charge in [0, 0.05) is 18.8 Å². The first-order chi connectivity index (χ1) is 18.2. The number of nitrogens with zero attached hydrogens (tertiary/aromatic N) is 2. The van der Waals surface area contributed by atoms with Gasteiger partial charge >= 0.3 is 5.97 Å². The van der Waals surface area contributed by atoms with Crippen molar-refractivity contribution in [2.75, 3.05) is 42.6 Å². The number of carbonyl (C=O) groups is 2. The maximum absolute atomic E-state index is 13.2. The minimum Gasteiger partial charge on any atom is -0.465 e. The highest BCUT2D eigenvalue weighted by Crippen LogP contribution is 2.37. The van der Waals surface area contributed by atoms with Crippen molar-refractivity contribution in [2.24, 2.45) is 4.99 Å². The molecule has 0 fully saturated rings. The Morgan fingerprint density at radius 3 is 2.39 bits per heavy atom. The molecule has 0 bridgehead atoms. The molecule has 0 saturated heterocycles. The highest BCUT2D eigenvalue weighted by molar-refractivity contribution is 7.92. The molecule has 0 radical (unpaired) electrons. The molecule has 0 spiro atoms. The van der Waals surface area contributed by atoms with Gasteiger partial charge in [0.25, 0.3) is 0 Å². The Labute approximate surface area is 222 Å². The first-order valence-electron chi connectivity index (χ1n) is 12.2. The standard InChI is InChI=1S/C28H30N4O5S/c1-4-29-16-17-32(38(3,35)36)22-13-11-21(12-14-22)30-26(19-8-6-5-7-9-19)25-23-15-10-20(28(34)37-2)18-24(23)31-27(25)33/h5-15,18,25,29H,4,16-17H2,1-3H3,(H,31,33). The van der Waals surface area contributed by atoms with Crippen LogP contribution in [0.15, 0.2) is 77.8 Å². The van der Waals surface area contributed by atoms with E-state index >= 15 is 0 Å². The van der Waals surface area contributed by atoms with Crippen LogP contribution >= 0.6 is 0 Å². The molecule has 1 aliphatic heterocycles. The van der Waals surface area contributed by atoms with Crippen LogP contribution in [0.1, 0.15) is 34.3 Å². The number of amides is 1. The van der Waals surface area contributed by atoms with Crippen molar-refractivity contribution in [1.82, 2.24) is 5.32 Å². The summed E-state index contributed by atoms with van der Waals surface area (Å²) >= 11 is 0. The van der Waals surface area contributed by atoms with Crippen LogP contribution in [0.25, 0.3) is 0 Å². The van der Waals surface area contributed by atoms with Gasteiger partial charge in [-0.15, -0.1) is 0 Å². The van der Waals surface area contributed by atoms with Gasteiger partial charge in [0.15, 0.2) is 0 Å². The molecule has 10 heteroatoms. The Hall–Kier alpha value is -4.02. The third kappa shape index (κ3) is 5.92. The number of esters is 1. The third-order valence-electron chi connectivity index (χ3n) is 6.18. The lowest BCUT2D eigenvalue weighted by atomic mass is 9.90. The molecule has 3 aromatic rings. The number of hydrogen-bond acceptors (Lipinski definition) is 7. The van der Waals surface area contributed by atoms with Gasteiger partial charge in [-0.2, -0.15) is 0 Å². The summed E-state index contributed by atoms with van der Waals surface area (Å²) in [6.07, 6.45) is 1.18. The molecule has 0 aliphatic carbocycles. The fourth-order valence-corrected chi connectivity index (χ4v) is 5.29. The van der Waals surface area contributed by atoms with Crippen LogP contribution in [0.5, 0.6) is 0 Å². The molecule has 2 N–H and O–H groups in total. The molecule has 1 atom stereocenters. The normalized spacial score (nSPS) is 15.1. The van der Waals surface area contributed by atoms with Gasteiger partial charge in [0.05, 0.1) is 36.0 Å². The molecule has 0 saturated carbocycles. The van der Waals surface area contributed by atoms with Gasteiger partial charge in [-0.1, -0.05) is 43.3 Å². The number of carbonyl (C=O) groups excluding carboxylic acids is 2. The summed E-state index contributed by atoms with van der Waals surface area (Å²) in [4.78, 5) is 30.0. The van der Waals surface area contributed by atoms with Gasteiger partial charge in [0.1, 0.15) is 5.92 Å². The monoisotopic (exact) mass is 534 g/mol. The molecule has 38 heavy (non-hydrogen) atoms. The molecule has 1 heterocycles. The second-order valence-electron chi connectivity index (χ2n) is 8.78. The molecule has 1 aliphatic rings. The van der Waals surface area contributed by atoms with Gasteiger partial charge in [-0.05, 0) is 54.1 Å². The number of fused-ring (bicyclic) bond motifs is 1. The summed E-state index contributed by atoms with van der Waals surface area (Å²) < 4.78 is 30.9. The van der Waals surface area contributed by atoms with Crippen LogP contribution < -0.4 is 14.9 Å². The summed E-state index contributed by atoms with van der Waals surface area (Å²) in [5, 5.41) is 6.00. The average molecular weight is 535 g/mol. The number of anilines is 2. The van der Waals surface area contributed by atoms with E-state index in [1.54, 1.807) is 42.5 Å². The Morgan fingerprint density at radius 2 is 1.76 bits per heavy atom. The Bertz CT molecular complexity index is 1450. The van der Waals surface area contributed by atoms with E-state index in [0.717, 1.165) is 12.1 Å². The number of sulfonamides is 1. The fourth-order valence-electron chi connectivity index (χ4n) is 4.36. The second-order valence-corrected chi connectivity index (χ2v) is 10.7. The highest BCUT2D eigenvalue weighted by Gasteiger charge is 2.36. The summed E-state index contributed by atoms with van der Waals surface area (Å²) in [7, 11) is -2.17. The van der Waals surface area contributed by atoms with Gasteiger partial charge in [-0.25, -0.2) is 13.2 Å². The van der Waals surface area contributed by atoms with Crippen LogP contribution in [0.3, 0.4) is 0 Å². The predicted molar refractivity (Wildman–Crippen MR) is 149 cm³/mol. The zero-order valence-electron chi connectivity index (χ0n) is 21.5. The maximum atomic E-state index is 13.2. The summed E-state index contributed by atoms with van der Waals surface area (Å²) in [5.41, 5.74) is 3.98. The van der Waals surface area contributed by atoms with Crippen LogP contribution in [0.4, 0.5) is 17.1 Å². The van der Waals surface area contributed by atoms with Crippen LogP contribution in [-0.2, 0) is 19.6 Å². The summed E-state index contributed by atoms with van der Waals surface area (Å²) in [5.74, 6) is -1.45. The number of likely N-dealkylation sites (N-methyl/N-ethyl adjacent to an activating group) is 1. The number of aliphatic imine (C=N–C) groups is 1. The maximum Gasteiger partial charge on any atom is 0.337 e. The van der Waals surface area contributed by atoms with E-state index in [4.69, 9.17) is 9.73 Å². The van der Waals surface area contributed by atoms with E-state index < -0.39 is 21.9 Å². The second kappa shape index (κ2) is 11.6. The molecule has 4 rings (SSSR count). The highest BCUT2D eigenvalue weighted by atomic mass is 32.2. The Kier molecular flexibility index (Phi) is 8.23. The van der Waals surface area contributed by atoms with Crippen molar-refractivity contribution in [3.63, 3.8) is 0 Å². The van der Waals surface area contributed by atoms with E-state index in [-0.39, 0.29) is 5.91 Å². The Balaban J connectivity index is 1.73. The molecule has 1 amide bonds. The SMILES string of the molecule is CCNCCN(c1ccc(N=C(c2ccccc2)C2C(=O)Nc3cc(C(=O)OC)ccc32)cc1)S(C)(=O)=O. The van der Waals surface area contributed by atoms with E-state index in [9.17, 15) is 18.0 Å². The Morgan fingerprint density at radius 1 is 1.05 bits per heavy atom.